The minimum Gasteiger partial charge on any atom is -0.613 e. The quantitative estimate of drug-likeness (QED) is 0.682. The first-order valence-electron chi connectivity index (χ1n) is 9.49. The molecule has 0 amide bonds. The van der Waals surface area contributed by atoms with Gasteiger partial charge in [0, 0.05) is 43.9 Å². The van der Waals surface area contributed by atoms with E-state index in [4.69, 9.17) is 0 Å². The van der Waals surface area contributed by atoms with Crippen LogP contribution >= 0.6 is 0 Å². The molecule has 2 N–H and O–H groups in total. The highest BCUT2D eigenvalue weighted by molar-refractivity contribution is 5.80. The molecule has 1 unspecified atom stereocenters. The van der Waals surface area contributed by atoms with Crippen molar-refractivity contribution in [1.29, 1.82) is 0 Å². The largest absolute Gasteiger partial charge is 0.613 e. The fourth-order valence-corrected chi connectivity index (χ4v) is 3.84. The highest BCUT2D eigenvalue weighted by atomic mass is 16.6. The zero-order valence-corrected chi connectivity index (χ0v) is 15.1. The van der Waals surface area contributed by atoms with Crippen molar-refractivity contribution < 1.29 is 10.3 Å². The molecule has 0 bridgehead atoms. The van der Waals surface area contributed by atoms with E-state index in [1.807, 2.05) is 40.1 Å². The third kappa shape index (κ3) is 3.14. The second-order valence-corrected chi connectivity index (χ2v) is 7.41. The van der Waals surface area contributed by atoms with Crippen molar-refractivity contribution in [2.45, 2.75) is 18.9 Å². The van der Waals surface area contributed by atoms with Crippen molar-refractivity contribution in [1.82, 2.24) is 14.6 Å². The van der Waals surface area contributed by atoms with Gasteiger partial charge in [-0.1, -0.05) is 12.1 Å². The van der Waals surface area contributed by atoms with Crippen LogP contribution in [0.4, 0.5) is 5.69 Å². The molecule has 1 aromatic carbocycles. The molecule has 1 aliphatic heterocycles. The molecule has 3 heterocycles. The van der Waals surface area contributed by atoms with Crippen LogP contribution < -0.4 is 10.1 Å². The first-order valence-corrected chi connectivity index (χ1v) is 9.49. The van der Waals surface area contributed by atoms with Crippen LogP contribution in [0.2, 0.25) is 0 Å². The Balaban J connectivity index is 1.39. The Bertz CT molecular complexity index is 943. The number of hydrogen-bond acceptors (Lipinski definition) is 5. The summed E-state index contributed by atoms with van der Waals surface area (Å²) in [5.41, 5.74) is 4.32. The normalized spacial score (nSPS) is 19.5. The number of anilines is 1. The predicted octanol–water partition coefficient (Wildman–Crippen LogP) is 1.29. The van der Waals surface area contributed by atoms with Gasteiger partial charge in [-0.25, -0.2) is 4.52 Å². The lowest BCUT2D eigenvalue weighted by molar-refractivity contribution is -0.982. The molecule has 1 saturated heterocycles. The number of nitrogens with zero attached hydrogens (tertiary/aromatic N) is 4. The lowest BCUT2D eigenvalue weighted by Crippen LogP contribution is -3.16. The lowest BCUT2D eigenvalue weighted by Gasteiger charge is -2.41. The van der Waals surface area contributed by atoms with Gasteiger partial charge in [0.1, 0.15) is 11.8 Å². The molecule has 0 radical (unpaired) electrons. The van der Waals surface area contributed by atoms with E-state index < -0.39 is 0 Å². The zero-order chi connectivity index (χ0) is 18.4. The number of hydrogen-bond donors (Lipinski definition) is 2. The summed E-state index contributed by atoms with van der Waals surface area (Å²) in [5, 5.41) is 28.6. The minimum absolute atomic E-state index is 0.264. The van der Waals surface area contributed by atoms with Gasteiger partial charge in [0.25, 0.3) is 0 Å². The predicted molar refractivity (Wildman–Crippen MR) is 103 cm³/mol. The molecule has 0 spiro atoms. The molecule has 2 aromatic heterocycles. The number of fused-ring (bicyclic) bond motifs is 1. The molecule has 1 saturated carbocycles. The second-order valence-electron chi connectivity index (χ2n) is 7.41. The number of rotatable bonds is 4. The fraction of sp³-hybridized carbons (Fsp3) is 0.350. The summed E-state index contributed by atoms with van der Waals surface area (Å²) in [4.78, 5) is 2.34. The van der Waals surface area contributed by atoms with Gasteiger partial charge in [0.2, 0.25) is 0 Å². The third-order valence-corrected chi connectivity index (χ3v) is 5.55. The van der Waals surface area contributed by atoms with Gasteiger partial charge in [0.15, 0.2) is 0 Å². The Labute approximate surface area is 157 Å². The van der Waals surface area contributed by atoms with Gasteiger partial charge in [-0.2, -0.15) is 10.1 Å². The maximum Gasteiger partial charge on any atom is 0.115 e. The van der Waals surface area contributed by atoms with Crippen LogP contribution in [0.5, 0.6) is 5.75 Å². The molecule has 5 rings (SSSR count). The molecule has 1 aliphatic carbocycles. The molecule has 3 aromatic rings. The number of quaternary nitrogens is 1. The van der Waals surface area contributed by atoms with Gasteiger partial charge < -0.3 is 15.2 Å². The Kier molecular flexibility index (Phi) is 4.00. The molecule has 7 heteroatoms. The van der Waals surface area contributed by atoms with Crippen LogP contribution in [0.25, 0.3) is 16.6 Å². The summed E-state index contributed by atoms with van der Waals surface area (Å²) in [6.07, 6.45) is 5.96. The van der Waals surface area contributed by atoms with Crippen LogP contribution in [0.3, 0.4) is 0 Å². The average Bonchev–Trinajstić information content (AvgIpc) is 3.46. The molecule has 2 aliphatic rings. The van der Waals surface area contributed by atoms with Crippen molar-refractivity contribution >= 4 is 11.2 Å². The molecule has 7 nitrogen and oxygen atoms in total. The highest BCUT2D eigenvalue weighted by Crippen LogP contribution is 2.29. The molecule has 1 atom stereocenters. The average molecular weight is 365 g/mol. The Morgan fingerprint density at radius 2 is 1.74 bits per heavy atom. The number of nitrogens with one attached hydrogen (secondary N) is 1. The van der Waals surface area contributed by atoms with Gasteiger partial charge >= 0.3 is 0 Å². The highest BCUT2D eigenvalue weighted by Gasteiger charge is 2.34. The number of aromatic hydroxyl groups is 1. The number of benzene rings is 1. The van der Waals surface area contributed by atoms with Crippen molar-refractivity contribution in [3.63, 3.8) is 0 Å². The van der Waals surface area contributed by atoms with Crippen LogP contribution in [-0.4, -0.2) is 52.0 Å². The molecular formula is C20H23N5O2. The van der Waals surface area contributed by atoms with Gasteiger partial charge in [-0.15, -0.1) is 0 Å². The zero-order valence-electron chi connectivity index (χ0n) is 15.1. The maximum absolute atomic E-state index is 12.3. The van der Waals surface area contributed by atoms with Crippen molar-refractivity contribution in [2.75, 3.05) is 31.1 Å². The first-order chi connectivity index (χ1) is 13.2. The summed E-state index contributed by atoms with van der Waals surface area (Å²) in [5.74, 6) is 0.264. The monoisotopic (exact) mass is 365 g/mol. The van der Waals surface area contributed by atoms with E-state index in [-0.39, 0.29) is 5.75 Å². The van der Waals surface area contributed by atoms with Gasteiger partial charge in [0.05, 0.1) is 24.3 Å². The Morgan fingerprint density at radius 3 is 2.44 bits per heavy atom. The number of hydroxylamine groups is 1. The smallest absolute Gasteiger partial charge is 0.115 e. The van der Waals surface area contributed by atoms with E-state index in [9.17, 15) is 10.3 Å². The van der Waals surface area contributed by atoms with Gasteiger partial charge in [-0.05, 0) is 29.8 Å². The molecular weight excluding hydrogens is 342 g/mol. The summed E-state index contributed by atoms with van der Waals surface area (Å²) in [7, 11) is 0. The second kappa shape index (κ2) is 6.53. The summed E-state index contributed by atoms with van der Waals surface area (Å²) in [6, 6.07) is 11.7. The molecule has 140 valence electrons. The van der Waals surface area contributed by atoms with Crippen LogP contribution in [0, 0.1) is 5.21 Å². The lowest BCUT2D eigenvalue weighted by atomic mass is 10.1. The maximum atomic E-state index is 12.3. The standard InChI is InChI=1S/C20H23N5O2/c26-18-5-1-15(2-6-18)16-13-20-19(7-8-21-24(20)14-16)22-9-11-23(12-10-22)25(27)17-3-4-17/h1-2,5-8,13-14,17,25-26H,3-4,9-12H2. The van der Waals surface area contributed by atoms with Crippen LogP contribution in [0.1, 0.15) is 12.8 Å². The van der Waals surface area contributed by atoms with Gasteiger partial charge in [-0.3, -0.25) is 5.17 Å². The van der Waals surface area contributed by atoms with Crippen molar-refractivity contribution in [3.05, 3.63) is 54.0 Å². The topological polar surface area (TPSA) is 71.5 Å². The number of piperazine rings is 1. The van der Waals surface area contributed by atoms with Crippen molar-refractivity contribution in [2.24, 2.45) is 0 Å². The Hall–Kier alpha value is -2.61. The summed E-state index contributed by atoms with van der Waals surface area (Å²) >= 11 is 0. The van der Waals surface area contributed by atoms with E-state index >= 15 is 0 Å². The summed E-state index contributed by atoms with van der Waals surface area (Å²) < 4.78 is 1.90. The van der Waals surface area contributed by atoms with E-state index in [1.165, 1.54) is 0 Å². The van der Waals surface area contributed by atoms with E-state index in [1.54, 1.807) is 12.1 Å². The van der Waals surface area contributed by atoms with Crippen LogP contribution in [0.15, 0.2) is 48.8 Å². The van der Waals surface area contributed by atoms with Crippen LogP contribution in [-0.2, 0) is 0 Å². The first kappa shape index (κ1) is 16.6. The SMILES string of the molecule is [O-][NH+](C1CC1)N1CCN(c2ccnn3cc(-c4ccc(O)cc4)cc23)CC1. The fourth-order valence-electron chi connectivity index (χ4n) is 3.84. The van der Waals surface area contributed by atoms with E-state index in [2.05, 4.69) is 16.1 Å². The van der Waals surface area contributed by atoms with E-state index in [0.717, 1.165) is 61.4 Å². The third-order valence-electron chi connectivity index (χ3n) is 5.55. The van der Waals surface area contributed by atoms with E-state index in [0.29, 0.717) is 11.2 Å². The molecule has 27 heavy (non-hydrogen) atoms. The number of aromatic nitrogens is 2. The minimum atomic E-state index is 0.264. The number of phenols is 1. The Morgan fingerprint density at radius 1 is 1.00 bits per heavy atom. The molecule has 2 fully saturated rings. The van der Waals surface area contributed by atoms with Crippen molar-refractivity contribution in [3.8, 4) is 16.9 Å². The number of phenolic OH excluding ortho intramolecular Hbond substituents is 1. The summed E-state index contributed by atoms with van der Waals surface area (Å²) in [6.45, 7) is 3.26.